The maximum atomic E-state index is 5.39. The summed E-state index contributed by atoms with van der Waals surface area (Å²) in [7, 11) is 1.65. The fourth-order valence-corrected chi connectivity index (χ4v) is 2.15. The highest BCUT2D eigenvalue weighted by molar-refractivity contribution is 9.10. The van der Waals surface area contributed by atoms with E-state index in [1.165, 1.54) is 0 Å². The summed E-state index contributed by atoms with van der Waals surface area (Å²) in [5.74, 6) is 0.752. The number of methoxy groups -OCH3 is 1. The monoisotopic (exact) mass is 309 g/mol. The summed E-state index contributed by atoms with van der Waals surface area (Å²) in [6.07, 6.45) is 2.69. The zero-order valence-corrected chi connectivity index (χ0v) is 12.4. The molecule has 0 unspecified atom stereocenters. The van der Waals surface area contributed by atoms with E-state index in [4.69, 9.17) is 4.74 Å². The highest BCUT2D eigenvalue weighted by atomic mass is 79.9. The molecule has 18 heavy (non-hydrogen) atoms. The van der Waals surface area contributed by atoms with Crippen molar-refractivity contribution in [2.75, 3.05) is 7.11 Å². The molecule has 0 fully saturated rings. The van der Waals surface area contributed by atoms with Gasteiger partial charge < -0.3 is 4.74 Å². The van der Waals surface area contributed by atoms with Gasteiger partial charge in [-0.3, -0.25) is 4.68 Å². The average molecular weight is 310 g/mol. The van der Waals surface area contributed by atoms with Crippen molar-refractivity contribution in [2.24, 2.45) is 0 Å². The Labute approximate surface area is 115 Å². The van der Waals surface area contributed by atoms with E-state index < -0.39 is 0 Å². The number of aryl methyl sites for hydroxylation is 2. The SMILES string of the molecule is CCc1cc(-c2ncc(Br)cc2OC)n(CC)n1. The van der Waals surface area contributed by atoms with E-state index in [-0.39, 0.29) is 0 Å². The lowest BCUT2D eigenvalue weighted by atomic mass is 10.2. The number of hydrogen-bond acceptors (Lipinski definition) is 3. The van der Waals surface area contributed by atoms with Crippen LogP contribution in [0.4, 0.5) is 0 Å². The molecule has 0 saturated heterocycles. The lowest BCUT2D eigenvalue weighted by Crippen LogP contribution is -2.02. The zero-order chi connectivity index (χ0) is 13.1. The van der Waals surface area contributed by atoms with Crippen LogP contribution in [0.1, 0.15) is 19.5 Å². The van der Waals surface area contributed by atoms with Crippen LogP contribution in [-0.2, 0) is 13.0 Å². The summed E-state index contributed by atoms with van der Waals surface area (Å²) in [4.78, 5) is 4.44. The van der Waals surface area contributed by atoms with E-state index >= 15 is 0 Å². The Morgan fingerprint density at radius 2 is 2.11 bits per heavy atom. The maximum Gasteiger partial charge on any atom is 0.147 e. The topological polar surface area (TPSA) is 39.9 Å². The van der Waals surface area contributed by atoms with Crippen LogP contribution in [0.15, 0.2) is 22.8 Å². The Bertz CT molecular complexity index is 551. The lowest BCUT2D eigenvalue weighted by Gasteiger charge is -2.09. The number of hydrogen-bond donors (Lipinski definition) is 0. The molecule has 2 aromatic heterocycles. The molecule has 0 N–H and O–H groups in total. The molecular formula is C13H16BrN3O. The number of aromatic nitrogens is 3. The molecule has 2 heterocycles. The number of nitrogens with zero attached hydrogens (tertiary/aromatic N) is 3. The maximum absolute atomic E-state index is 5.39. The lowest BCUT2D eigenvalue weighted by molar-refractivity contribution is 0.414. The predicted octanol–water partition coefficient (Wildman–Crippen LogP) is 3.30. The van der Waals surface area contributed by atoms with Gasteiger partial charge in [0.15, 0.2) is 0 Å². The van der Waals surface area contributed by atoms with Crippen LogP contribution in [-0.4, -0.2) is 21.9 Å². The van der Waals surface area contributed by atoms with Gasteiger partial charge in [0, 0.05) is 17.2 Å². The molecule has 2 rings (SSSR count). The highest BCUT2D eigenvalue weighted by Crippen LogP contribution is 2.30. The first-order valence-electron chi connectivity index (χ1n) is 5.96. The minimum Gasteiger partial charge on any atom is -0.494 e. The molecule has 0 radical (unpaired) electrons. The molecule has 2 aromatic rings. The van der Waals surface area contributed by atoms with Crippen molar-refractivity contribution in [2.45, 2.75) is 26.8 Å². The van der Waals surface area contributed by atoms with Crippen molar-refractivity contribution < 1.29 is 4.74 Å². The summed E-state index contributed by atoms with van der Waals surface area (Å²) >= 11 is 3.40. The van der Waals surface area contributed by atoms with Gasteiger partial charge in [0.25, 0.3) is 0 Å². The smallest absolute Gasteiger partial charge is 0.147 e. The van der Waals surface area contributed by atoms with Crippen LogP contribution in [0.5, 0.6) is 5.75 Å². The van der Waals surface area contributed by atoms with Crippen LogP contribution in [0.25, 0.3) is 11.4 Å². The average Bonchev–Trinajstić information content (AvgIpc) is 2.81. The van der Waals surface area contributed by atoms with Gasteiger partial charge in [0.05, 0.1) is 18.5 Å². The number of halogens is 1. The molecule has 0 aromatic carbocycles. The summed E-state index contributed by atoms with van der Waals surface area (Å²) < 4.78 is 8.25. The Balaban J connectivity index is 2.56. The van der Waals surface area contributed by atoms with E-state index in [9.17, 15) is 0 Å². The van der Waals surface area contributed by atoms with Crippen molar-refractivity contribution in [3.05, 3.63) is 28.5 Å². The summed E-state index contributed by atoms with van der Waals surface area (Å²) in [6.45, 7) is 4.98. The van der Waals surface area contributed by atoms with Crippen LogP contribution in [0.3, 0.4) is 0 Å². The second-order valence-electron chi connectivity index (χ2n) is 3.89. The van der Waals surface area contributed by atoms with Gasteiger partial charge in [-0.15, -0.1) is 0 Å². The number of pyridine rings is 1. The van der Waals surface area contributed by atoms with Crippen molar-refractivity contribution in [1.82, 2.24) is 14.8 Å². The minimum atomic E-state index is 0.752. The molecule has 0 amide bonds. The summed E-state index contributed by atoms with van der Waals surface area (Å²) in [6, 6.07) is 3.99. The first-order chi connectivity index (χ1) is 8.69. The molecule has 4 nitrogen and oxygen atoms in total. The molecule has 0 atom stereocenters. The normalized spacial score (nSPS) is 10.7. The molecular weight excluding hydrogens is 294 g/mol. The summed E-state index contributed by atoms with van der Waals surface area (Å²) in [5.41, 5.74) is 2.90. The third kappa shape index (κ3) is 2.41. The second-order valence-corrected chi connectivity index (χ2v) is 4.81. The van der Waals surface area contributed by atoms with Crippen molar-refractivity contribution in [3.8, 4) is 17.1 Å². The van der Waals surface area contributed by atoms with Crippen molar-refractivity contribution in [3.63, 3.8) is 0 Å². The third-order valence-corrected chi connectivity index (χ3v) is 3.21. The third-order valence-electron chi connectivity index (χ3n) is 2.77. The molecule has 0 aliphatic carbocycles. The van der Waals surface area contributed by atoms with E-state index in [0.717, 1.165) is 40.3 Å². The first-order valence-corrected chi connectivity index (χ1v) is 6.75. The molecule has 0 aliphatic heterocycles. The number of ether oxygens (including phenoxy) is 1. The Morgan fingerprint density at radius 3 is 2.72 bits per heavy atom. The Kier molecular flexibility index (Phi) is 4.01. The Morgan fingerprint density at radius 1 is 1.33 bits per heavy atom. The second kappa shape index (κ2) is 5.52. The number of rotatable bonds is 4. The van der Waals surface area contributed by atoms with Crippen LogP contribution in [0, 0.1) is 0 Å². The Hall–Kier alpha value is -1.36. The zero-order valence-electron chi connectivity index (χ0n) is 10.8. The van der Waals surface area contributed by atoms with Gasteiger partial charge in [0.2, 0.25) is 0 Å². The van der Waals surface area contributed by atoms with E-state index in [2.05, 4.69) is 45.9 Å². The fraction of sp³-hybridized carbons (Fsp3) is 0.385. The molecule has 5 heteroatoms. The fourth-order valence-electron chi connectivity index (χ4n) is 1.84. The van der Waals surface area contributed by atoms with Gasteiger partial charge in [-0.25, -0.2) is 4.98 Å². The molecule has 0 bridgehead atoms. The van der Waals surface area contributed by atoms with E-state index in [0.29, 0.717) is 0 Å². The van der Waals surface area contributed by atoms with Crippen LogP contribution < -0.4 is 4.74 Å². The van der Waals surface area contributed by atoms with Gasteiger partial charge in [-0.05, 0) is 41.4 Å². The van der Waals surface area contributed by atoms with Gasteiger partial charge in [0.1, 0.15) is 11.4 Å². The van der Waals surface area contributed by atoms with Gasteiger partial charge in [-0.1, -0.05) is 6.92 Å². The molecule has 96 valence electrons. The van der Waals surface area contributed by atoms with E-state index in [1.54, 1.807) is 13.3 Å². The van der Waals surface area contributed by atoms with Crippen molar-refractivity contribution in [1.29, 1.82) is 0 Å². The van der Waals surface area contributed by atoms with Gasteiger partial charge in [-0.2, -0.15) is 5.10 Å². The molecule has 0 aliphatic rings. The summed E-state index contributed by atoms with van der Waals surface area (Å²) in [5, 5.41) is 4.53. The molecule has 0 spiro atoms. The minimum absolute atomic E-state index is 0.752. The van der Waals surface area contributed by atoms with Crippen LogP contribution >= 0.6 is 15.9 Å². The largest absolute Gasteiger partial charge is 0.494 e. The first kappa shape index (κ1) is 13.1. The quantitative estimate of drug-likeness (QED) is 0.870. The predicted molar refractivity (Wildman–Crippen MR) is 74.8 cm³/mol. The standard InChI is InChI=1S/C13H16BrN3O/c1-4-10-7-11(17(5-2)16-10)13-12(18-3)6-9(14)8-15-13/h6-8H,4-5H2,1-3H3. The molecule has 0 saturated carbocycles. The van der Waals surface area contributed by atoms with Gasteiger partial charge >= 0.3 is 0 Å². The van der Waals surface area contributed by atoms with Crippen LogP contribution in [0.2, 0.25) is 0 Å². The van der Waals surface area contributed by atoms with E-state index in [1.807, 2.05) is 10.7 Å². The van der Waals surface area contributed by atoms with Crippen molar-refractivity contribution >= 4 is 15.9 Å². The highest BCUT2D eigenvalue weighted by Gasteiger charge is 2.14.